The van der Waals surface area contributed by atoms with Gasteiger partial charge in [0.15, 0.2) is 0 Å². The molecule has 0 spiro atoms. The van der Waals surface area contributed by atoms with Crippen LogP contribution in [0.5, 0.6) is 0 Å². The van der Waals surface area contributed by atoms with Crippen molar-refractivity contribution in [2.24, 2.45) is 5.10 Å². The highest BCUT2D eigenvalue weighted by molar-refractivity contribution is 7.89. The minimum Gasteiger partial charge on any atom is -0.258 e. The molecule has 0 fully saturated rings. The van der Waals surface area contributed by atoms with Gasteiger partial charge in [-0.2, -0.15) is 18.4 Å². The van der Waals surface area contributed by atoms with Crippen LogP contribution in [0.25, 0.3) is 0 Å². The number of sulfonamides is 1. The molecule has 0 saturated heterocycles. The summed E-state index contributed by atoms with van der Waals surface area (Å²) in [6.45, 7) is 1.57. The predicted molar refractivity (Wildman–Crippen MR) is 107 cm³/mol. The highest BCUT2D eigenvalue weighted by Crippen LogP contribution is 2.22. The maximum absolute atomic E-state index is 12.8. The molecule has 7 nitrogen and oxygen atoms in total. The molecule has 28 heavy (non-hydrogen) atoms. The zero-order chi connectivity index (χ0) is 20.1. The molecule has 8 heteroatoms. The lowest BCUT2D eigenvalue weighted by Crippen LogP contribution is -2.22. The van der Waals surface area contributed by atoms with Crippen molar-refractivity contribution in [1.82, 2.24) is 4.83 Å². The van der Waals surface area contributed by atoms with Gasteiger partial charge in [0.05, 0.1) is 15.5 Å². The number of non-ortho nitro benzene ring substituents is 1. The third kappa shape index (κ3) is 4.24. The lowest BCUT2D eigenvalue weighted by Gasteiger charge is -2.10. The fourth-order valence-corrected chi connectivity index (χ4v) is 3.71. The number of hydrogen-bond donors (Lipinski definition) is 1. The van der Waals surface area contributed by atoms with E-state index >= 15 is 0 Å². The van der Waals surface area contributed by atoms with Gasteiger partial charge < -0.3 is 0 Å². The van der Waals surface area contributed by atoms with Crippen molar-refractivity contribution in [3.63, 3.8) is 0 Å². The van der Waals surface area contributed by atoms with Crippen LogP contribution in [0.15, 0.2) is 88.9 Å². The zero-order valence-electron chi connectivity index (χ0n) is 14.9. The summed E-state index contributed by atoms with van der Waals surface area (Å²) in [6.07, 6.45) is 0. The van der Waals surface area contributed by atoms with Crippen molar-refractivity contribution in [3.05, 3.63) is 106 Å². The van der Waals surface area contributed by atoms with Gasteiger partial charge >= 0.3 is 0 Å². The fourth-order valence-electron chi connectivity index (χ4n) is 2.63. The van der Waals surface area contributed by atoms with Gasteiger partial charge in [0, 0.05) is 23.3 Å². The van der Waals surface area contributed by atoms with Gasteiger partial charge in [0.1, 0.15) is 0 Å². The molecule has 0 aliphatic carbocycles. The van der Waals surface area contributed by atoms with Crippen LogP contribution in [0, 0.1) is 17.0 Å². The molecule has 3 rings (SSSR count). The van der Waals surface area contributed by atoms with Crippen molar-refractivity contribution in [3.8, 4) is 0 Å². The molecule has 0 aliphatic heterocycles. The average Bonchev–Trinajstić information content (AvgIpc) is 2.69. The monoisotopic (exact) mass is 395 g/mol. The third-order valence-corrected chi connectivity index (χ3v) is 5.39. The molecule has 3 aromatic carbocycles. The van der Waals surface area contributed by atoms with Crippen molar-refractivity contribution < 1.29 is 13.3 Å². The van der Waals surface area contributed by atoms with Crippen molar-refractivity contribution in [1.29, 1.82) is 0 Å². The highest BCUT2D eigenvalue weighted by Gasteiger charge is 2.20. The number of nitro groups is 1. The maximum Gasteiger partial charge on any atom is 0.277 e. The van der Waals surface area contributed by atoms with Gasteiger partial charge in [0.2, 0.25) is 0 Å². The molecule has 0 radical (unpaired) electrons. The normalized spacial score (nSPS) is 10.9. The Labute approximate surface area is 162 Å². The Hall–Kier alpha value is -3.52. The number of nitrogens with one attached hydrogen (secondary N) is 1. The first-order chi connectivity index (χ1) is 13.4. The Morgan fingerprint density at radius 1 is 0.929 bits per heavy atom. The first-order valence-corrected chi connectivity index (χ1v) is 9.82. The van der Waals surface area contributed by atoms with E-state index < -0.39 is 14.9 Å². The minimum atomic E-state index is -4.10. The summed E-state index contributed by atoms with van der Waals surface area (Å²) in [6, 6.07) is 22.0. The van der Waals surface area contributed by atoms with Crippen molar-refractivity contribution >= 4 is 21.4 Å². The van der Waals surface area contributed by atoms with Gasteiger partial charge in [-0.3, -0.25) is 10.1 Å². The largest absolute Gasteiger partial charge is 0.277 e. The van der Waals surface area contributed by atoms with Gasteiger partial charge in [0.25, 0.3) is 15.7 Å². The molecule has 0 aliphatic rings. The molecule has 0 atom stereocenters. The second kappa shape index (κ2) is 8.01. The summed E-state index contributed by atoms with van der Waals surface area (Å²) in [5, 5.41) is 15.1. The molecule has 142 valence electrons. The van der Waals surface area contributed by atoms with Gasteiger partial charge in [-0.25, -0.2) is 0 Å². The van der Waals surface area contributed by atoms with Gasteiger partial charge in [-0.15, -0.1) is 0 Å². The standard InChI is InChI=1S/C20H17N3O4S/c1-15-12-13-18(23(24)25)14-19(15)28(26,27)22-21-20(16-8-4-2-5-9-16)17-10-6-3-7-11-17/h2-14,22H,1H3. The van der Waals surface area contributed by atoms with E-state index in [-0.39, 0.29) is 10.6 Å². The van der Waals surface area contributed by atoms with E-state index in [0.717, 1.165) is 17.2 Å². The molecule has 0 aromatic heterocycles. The topological polar surface area (TPSA) is 102 Å². The lowest BCUT2D eigenvalue weighted by molar-refractivity contribution is -0.385. The van der Waals surface area contributed by atoms with E-state index in [2.05, 4.69) is 9.93 Å². The number of benzene rings is 3. The molecule has 1 N–H and O–H groups in total. The molecular formula is C20H17N3O4S. The van der Waals surface area contributed by atoms with Crippen LogP contribution < -0.4 is 4.83 Å². The Bertz CT molecular complexity index is 1090. The summed E-state index contributed by atoms with van der Waals surface area (Å²) in [5.41, 5.74) is 1.97. The van der Waals surface area contributed by atoms with Crippen LogP contribution >= 0.6 is 0 Å². The van der Waals surface area contributed by atoms with Crippen molar-refractivity contribution in [2.45, 2.75) is 11.8 Å². The molecule has 0 unspecified atom stereocenters. The quantitative estimate of drug-likeness (QED) is 0.391. The lowest BCUT2D eigenvalue weighted by atomic mass is 10.0. The van der Waals surface area contributed by atoms with E-state index in [4.69, 9.17) is 0 Å². The number of hydrogen-bond acceptors (Lipinski definition) is 5. The first kappa shape index (κ1) is 19.2. The molecule has 0 heterocycles. The summed E-state index contributed by atoms with van der Waals surface area (Å²) >= 11 is 0. The number of hydrazone groups is 1. The first-order valence-electron chi connectivity index (χ1n) is 8.34. The zero-order valence-corrected chi connectivity index (χ0v) is 15.8. The Morgan fingerprint density at radius 2 is 1.46 bits per heavy atom. The van der Waals surface area contributed by atoms with E-state index in [1.54, 1.807) is 6.92 Å². The molecule has 3 aromatic rings. The van der Waals surface area contributed by atoms with Gasteiger partial charge in [-0.05, 0) is 12.5 Å². The number of aryl methyl sites for hydroxylation is 1. The Balaban J connectivity index is 2.03. The highest BCUT2D eigenvalue weighted by atomic mass is 32.2. The van der Waals surface area contributed by atoms with Crippen LogP contribution in [0.1, 0.15) is 16.7 Å². The Morgan fingerprint density at radius 3 is 1.96 bits per heavy atom. The number of nitro benzene ring substituents is 1. The minimum absolute atomic E-state index is 0.189. The SMILES string of the molecule is Cc1ccc([N+](=O)[O-])cc1S(=O)(=O)NN=C(c1ccccc1)c1ccccc1. The molecule has 0 amide bonds. The number of rotatable bonds is 6. The summed E-state index contributed by atoms with van der Waals surface area (Å²) in [7, 11) is -4.10. The van der Waals surface area contributed by atoms with Crippen LogP contribution in [0.2, 0.25) is 0 Å². The van der Waals surface area contributed by atoms with Crippen LogP contribution in [-0.4, -0.2) is 19.1 Å². The second-order valence-electron chi connectivity index (χ2n) is 5.99. The van der Waals surface area contributed by atoms with E-state index in [9.17, 15) is 18.5 Å². The summed E-state index contributed by atoms with van der Waals surface area (Å²) in [5.74, 6) is 0. The van der Waals surface area contributed by atoms with E-state index in [0.29, 0.717) is 11.3 Å². The average molecular weight is 395 g/mol. The second-order valence-corrected chi connectivity index (χ2v) is 7.62. The fraction of sp³-hybridized carbons (Fsp3) is 0.0500. The predicted octanol–water partition coefficient (Wildman–Crippen LogP) is 3.63. The van der Waals surface area contributed by atoms with Crippen LogP contribution in [-0.2, 0) is 10.0 Å². The maximum atomic E-state index is 12.8. The number of nitrogens with zero attached hydrogens (tertiary/aromatic N) is 2. The van der Waals surface area contributed by atoms with E-state index in [1.807, 2.05) is 60.7 Å². The van der Waals surface area contributed by atoms with E-state index in [1.165, 1.54) is 12.1 Å². The summed E-state index contributed by atoms with van der Waals surface area (Å²) < 4.78 is 25.5. The van der Waals surface area contributed by atoms with Crippen molar-refractivity contribution in [2.75, 3.05) is 0 Å². The Kier molecular flexibility index (Phi) is 5.51. The third-order valence-electron chi connectivity index (χ3n) is 4.04. The molecule has 0 saturated carbocycles. The summed E-state index contributed by atoms with van der Waals surface area (Å²) in [4.78, 5) is 12.4. The van der Waals surface area contributed by atoms with Crippen LogP contribution in [0.4, 0.5) is 5.69 Å². The molecule has 0 bridgehead atoms. The molecular weight excluding hydrogens is 378 g/mol. The van der Waals surface area contributed by atoms with Gasteiger partial charge in [-0.1, -0.05) is 66.7 Å². The van der Waals surface area contributed by atoms with Crippen LogP contribution in [0.3, 0.4) is 0 Å². The smallest absolute Gasteiger partial charge is 0.258 e.